The van der Waals surface area contributed by atoms with Crippen molar-refractivity contribution in [2.45, 2.75) is 24.9 Å². The molecule has 64 valence electrons. The Morgan fingerprint density at radius 1 is 1.67 bits per heavy atom. The molecule has 2 bridgehead atoms. The van der Waals surface area contributed by atoms with Gasteiger partial charge in [0.05, 0.1) is 12.0 Å². The second-order valence-corrected chi connectivity index (χ2v) is 3.73. The van der Waals surface area contributed by atoms with Crippen LogP contribution in [0, 0.1) is 23.2 Å². The van der Waals surface area contributed by atoms with Gasteiger partial charge < -0.3 is 4.74 Å². The summed E-state index contributed by atoms with van der Waals surface area (Å²) in [4.78, 5) is 0. The topological polar surface area (TPSA) is 33.0 Å². The summed E-state index contributed by atoms with van der Waals surface area (Å²) in [6.45, 7) is 0. The fourth-order valence-corrected chi connectivity index (χ4v) is 2.35. The van der Waals surface area contributed by atoms with Gasteiger partial charge in [-0.25, -0.2) is 0 Å². The average Bonchev–Trinajstić information content (AvgIpc) is 2.19. The first-order chi connectivity index (χ1) is 5.80. The number of fused-ring (bicyclic) bond motifs is 2. The molecule has 2 heteroatoms. The van der Waals surface area contributed by atoms with E-state index in [1.54, 1.807) is 7.11 Å². The van der Waals surface area contributed by atoms with Crippen molar-refractivity contribution in [2.24, 2.45) is 11.8 Å². The van der Waals surface area contributed by atoms with E-state index >= 15 is 0 Å². The van der Waals surface area contributed by atoms with Crippen molar-refractivity contribution in [2.75, 3.05) is 7.11 Å². The number of methoxy groups -OCH3 is 1. The predicted octanol–water partition coefficient (Wildman–Crippen LogP) is 1.88. The number of nitriles is 1. The summed E-state index contributed by atoms with van der Waals surface area (Å²) in [5, 5.41) is 8.95. The van der Waals surface area contributed by atoms with Gasteiger partial charge in [-0.1, -0.05) is 12.2 Å². The van der Waals surface area contributed by atoms with E-state index in [1.165, 1.54) is 6.42 Å². The monoisotopic (exact) mass is 163 g/mol. The van der Waals surface area contributed by atoms with Crippen LogP contribution in [0.2, 0.25) is 0 Å². The van der Waals surface area contributed by atoms with Crippen LogP contribution in [-0.4, -0.2) is 12.7 Å². The first-order valence-corrected chi connectivity index (χ1v) is 4.45. The van der Waals surface area contributed by atoms with Gasteiger partial charge in [-0.3, -0.25) is 0 Å². The summed E-state index contributed by atoms with van der Waals surface area (Å²) in [5.74, 6) is 0.706. The van der Waals surface area contributed by atoms with Gasteiger partial charge >= 0.3 is 0 Å². The number of hydrogen-bond acceptors (Lipinski definition) is 2. The molecule has 0 heterocycles. The highest BCUT2D eigenvalue weighted by atomic mass is 16.5. The summed E-state index contributed by atoms with van der Waals surface area (Å²) in [5.41, 5.74) is -0.247. The van der Waals surface area contributed by atoms with E-state index in [0.717, 1.165) is 12.8 Å². The number of nitrogens with zero attached hydrogens (tertiary/aromatic N) is 1. The van der Waals surface area contributed by atoms with Crippen molar-refractivity contribution < 1.29 is 4.74 Å². The second-order valence-electron chi connectivity index (χ2n) is 3.73. The Balaban J connectivity index is 2.33. The predicted molar refractivity (Wildman–Crippen MR) is 45.3 cm³/mol. The maximum Gasteiger partial charge on any atom is 0.102 e. The number of ether oxygens (including phenoxy) is 1. The van der Waals surface area contributed by atoms with E-state index in [0.29, 0.717) is 5.92 Å². The van der Waals surface area contributed by atoms with Crippen molar-refractivity contribution in [1.29, 1.82) is 5.26 Å². The Morgan fingerprint density at radius 3 is 2.92 bits per heavy atom. The van der Waals surface area contributed by atoms with Crippen molar-refractivity contribution in [3.63, 3.8) is 0 Å². The van der Waals surface area contributed by atoms with Crippen LogP contribution in [0.25, 0.3) is 0 Å². The maximum absolute atomic E-state index is 8.95. The molecule has 12 heavy (non-hydrogen) atoms. The van der Waals surface area contributed by atoms with E-state index < -0.39 is 0 Å². The minimum Gasteiger partial charge on any atom is -0.373 e. The molecule has 0 spiro atoms. The molecule has 1 fully saturated rings. The lowest BCUT2D eigenvalue weighted by molar-refractivity contribution is -0.0419. The zero-order valence-electron chi connectivity index (χ0n) is 7.29. The van der Waals surface area contributed by atoms with Gasteiger partial charge in [-0.15, -0.1) is 0 Å². The number of allylic oxidation sites excluding steroid dienone is 1. The van der Waals surface area contributed by atoms with E-state index in [9.17, 15) is 0 Å². The lowest BCUT2D eigenvalue weighted by atomic mass is 9.66. The standard InChI is InChI=1S/C10H13NO/c1-12-10-4-2-8(3-5-10)6-9(10)7-11/h2,4,8-9H,3,5-6H2,1H3/t8-,9+,10-/m0/s1. The summed E-state index contributed by atoms with van der Waals surface area (Å²) in [6.07, 6.45) is 7.49. The smallest absolute Gasteiger partial charge is 0.102 e. The van der Waals surface area contributed by atoms with E-state index in [2.05, 4.69) is 18.2 Å². The van der Waals surface area contributed by atoms with Crippen molar-refractivity contribution >= 4 is 0 Å². The van der Waals surface area contributed by atoms with Crippen LogP contribution >= 0.6 is 0 Å². The van der Waals surface area contributed by atoms with Gasteiger partial charge in [-0.2, -0.15) is 5.26 Å². The molecule has 2 nitrogen and oxygen atoms in total. The molecule has 0 aromatic heterocycles. The van der Waals surface area contributed by atoms with Crippen LogP contribution in [0.5, 0.6) is 0 Å². The van der Waals surface area contributed by atoms with Crippen LogP contribution < -0.4 is 0 Å². The Hall–Kier alpha value is -0.810. The van der Waals surface area contributed by atoms with Crippen LogP contribution in [0.3, 0.4) is 0 Å². The molecular weight excluding hydrogens is 150 g/mol. The Labute approximate surface area is 72.8 Å². The highest BCUT2D eigenvalue weighted by molar-refractivity contribution is 5.21. The Kier molecular flexibility index (Phi) is 1.69. The van der Waals surface area contributed by atoms with Crippen LogP contribution in [0.1, 0.15) is 19.3 Å². The Morgan fingerprint density at radius 2 is 2.50 bits per heavy atom. The quantitative estimate of drug-likeness (QED) is 0.553. The first kappa shape index (κ1) is 7.82. The average molecular weight is 163 g/mol. The summed E-state index contributed by atoms with van der Waals surface area (Å²) >= 11 is 0. The number of rotatable bonds is 1. The molecule has 0 unspecified atom stereocenters. The van der Waals surface area contributed by atoms with E-state index in [4.69, 9.17) is 10.00 Å². The molecule has 0 amide bonds. The Bertz CT molecular complexity index is 253. The zero-order chi connectivity index (χ0) is 8.60. The normalized spacial score (nSPS) is 44.3. The lowest BCUT2D eigenvalue weighted by Gasteiger charge is -2.44. The molecule has 0 aliphatic heterocycles. The minimum atomic E-state index is -0.247. The fourth-order valence-electron chi connectivity index (χ4n) is 2.35. The maximum atomic E-state index is 8.95. The zero-order valence-corrected chi connectivity index (χ0v) is 7.29. The van der Waals surface area contributed by atoms with Gasteiger partial charge in [0, 0.05) is 7.11 Å². The molecule has 0 radical (unpaired) electrons. The van der Waals surface area contributed by atoms with Crippen molar-refractivity contribution in [3.05, 3.63) is 12.2 Å². The molecule has 3 aliphatic carbocycles. The molecule has 0 aromatic carbocycles. The first-order valence-electron chi connectivity index (χ1n) is 4.45. The molecule has 0 aromatic rings. The molecule has 0 N–H and O–H groups in total. The highest BCUT2D eigenvalue weighted by Crippen LogP contribution is 2.44. The molecule has 3 aliphatic rings. The van der Waals surface area contributed by atoms with Gasteiger partial charge in [0.2, 0.25) is 0 Å². The summed E-state index contributed by atoms with van der Waals surface area (Å²) in [6, 6.07) is 2.35. The van der Waals surface area contributed by atoms with Crippen molar-refractivity contribution in [1.82, 2.24) is 0 Å². The van der Waals surface area contributed by atoms with Gasteiger partial charge in [0.1, 0.15) is 5.60 Å². The van der Waals surface area contributed by atoms with Crippen molar-refractivity contribution in [3.8, 4) is 6.07 Å². The van der Waals surface area contributed by atoms with E-state index in [-0.39, 0.29) is 11.5 Å². The third kappa shape index (κ3) is 0.899. The van der Waals surface area contributed by atoms with Gasteiger partial charge in [-0.05, 0) is 25.2 Å². The SMILES string of the molecule is CO[C@@]12C=C[C@@H](CC1)C[C@@H]2C#N. The molecule has 0 saturated heterocycles. The van der Waals surface area contributed by atoms with Gasteiger partial charge in [0.25, 0.3) is 0 Å². The lowest BCUT2D eigenvalue weighted by Crippen LogP contribution is -2.45. The third-order valence-corrected chi connectivity index (χ3v) is 3.22. The number of hydrogen-bond donors (Lipinski definition) is 0. The summed E-state index contributed by atoms with van der Waals surface area (Å²) < 4.78 is 5.46. The molecular formula is C10H13NO. The minimum absolute atomic E-state index is 0.0752. The molecule has 3 rings (SSSR count). The van der Waals surface area contributed by atoms with E-state index in [1.807, 2.05) is 0 Å². The third-order valence-electron chi connectivity index (χ3n) is 3.22. The van der Waals surface area contributed by atoms with Gasteiger partial charge in [0.15, 0.2) is 0 Å². The largest absolute Gasteiger partial charge is 0.373 e. The van der Waals surface area contributed by atoms with Crippen LogP contribution in [0.15, 0.2) is 12.2 Å². The van der Waals surface area contributed by atoms with Crippen LogP contribution in [0.4, 0.5) is 0 Å². The molecule has 1 saturated carbocycles. The second kappa shape index (κ2) is 2.60. The van der Waals surface area contributed by atoms with Crippen LogP contribution in [-0.2, 0) is 4.74 Å². The summed E-state index contributed by atoms with van der Waals surface area (Å²) in [7, 11) is 1.71. The highest BCUT2D eigenvalue weighted by Gasteiger charge is 2.44. The fraction of sp³-hybridized carbons (Fsp3) is 0.700. The molecule has 3 atom stereocenters.